The maximum atomic E-state index is 12.9. The molecule has 0 aliphatic rings. The Morgan fingerprint density at radius 2 is 1.83 bits per heavy atom. The third-order valence-corrected chi connectivity index (χ3v) is 4.17. The van der Waals surface area contributed by atoms with Gasteiger partial charge in [0.15, 0.2) is 6.10 Å². The Bertz CT molecular complexity index is 853. The first kappa shape index (κ1) is 23.2. The monoisotopic (exact) mass is 419 g/mol. The van der Waals surface area contributed by atoms with Gasteiger partial charge in [0.05, 0.1) is 19.8 Å². The first-order chi connectivity index (χ1) is 14.3. The summed E-state index contributed by atoms with van der Waals surface area (Å²) in [6.45, 7) is 3.64. The maximum Gasteiger partial charge on any atom is 0.411 e. The number of carbonyl (C=O) groups is 2. The van der Waals surface area contributed by atoms with Crippen LogP contribution >= 0.6 is 0 Å². The summed E-state index contributed by atoms with van der Waals surface area (Å²) in [6, 6.07) is 10.7. The molecule has 2 N–H and O–H groups in total. The number of rotatable bonds is 10. The quantitative estimate of drug-likeness (QED) is 0.604. The number of hydrogen-bond donors (Lipinski definition) is 2. The summed E-state index contributed by atoms with van der Waals surface area (Å²) < 4.78 is 28.9. The Morgan fingerprint density at radius 1 is 1.13 bits per heavy atom. The van der Waals surface area contributed by atoms with E-state index in [0.29, 0.717) is 17.9 Å². The fourth-order valence-corrected chi connectivity index (χ4v) is 2.83. The zero-order valence-electron chi connectivity index (χ0n) is 17.2. The van der Waals surface area contributed by atoms with Crippen molar-refractivity contribution in [3.05, 3.63) is 59.4 Å². The van der Waals surface area contributed by atoms with Crippen molar-refractivity contribution in [3.63, 3.8) is 0 Å². The summed E-state index contributed by atoms with van der Waals surface area (Å²) in [5.74, 6) is -0.815. The molecule has 0 bridgehead atoms. The SMILES string of the molecule is COc1ccc(CC(OC(C)C)C(=O)O)cc1CCOC(=O)Nc1ccc(F)cc1. The first-order valence-electron chi connectivity index (χ1n) is 9.52. The molecule has 0 saturated carbocycles. The lowest BCUT2D eigenvalue weighted by Gasteiger charge is -2.17. The van der Waals surface area contributed by atoms with Gasteiger partial charge in [0.25, 0.3) is 0 Å². The molecule has 0 saturated heterocycles. The zero-order chi connectivity index (χ0) is 22.1. The number of carbonyl (C=O) groups excluding carboxylic acids is 1. The van der Waals surface area contributed by atoms with E-state index in [1.807, 2.05) is 6.07 Å². The van der Waals surface area contributed by atoms with Crippen molar-refractivity contribution in [2.75, 3.05) is 19.0 Å². The number of aliphatic carboxylic acids is 1. The number of carboxylic acids is 1. The average molecular weight is 419 g/mol. The minimum absolute atomic E-state index is 0.0810. The number of carboxylic acid groups (broad SMARTS) is 1. The van der Waals surface area contributed by atoms with Crippen LogP contribution in [-0.2, 0) is 27.1 Å². The van der Waals surface area contributed by atoms with Crippen molar-refractivity contribution in [1.82, 2.24) is 0 Å². The zero-order valence-corrected chi connectivity index (χ0v) is 17.2. The van der Waals surface area contributed by atoms with Gasteiger partial charge in [-0.3, -0.25) is 5.32 Å². The van der Waals surface area contributed by atoms with Crippen LogP contribution in [0, 0.1) is 5.82 Å². The standard InChI is InChI=1S/C22H26FNO6/c1-14(2)30-20(21(25)26)13-15-4-9-19(28-3)16(12-15)10-11-29-22(27)24-18-7-5-17(23)6-8-18/h4-9,12,14,20H,10-11,13H2,1-3H3,(H,24,27)(H,25,26). The van der Waals surface area contributed by atoms with Crippen molar-refractivity contribution in [1.29, 1.82) is 0 Å². The molecular formula is C22H26FNO6. The maximum absolute atomic E-state index is 12.9. The van der Waals surface area contributed by atoms with Gasteiger partial charge in [0, 0.05) is 18.5 Å². The summed E-state index contributed by atoms with van der Waals surface area (Å²) in [5, 5.41) is 11.9. The van der Waals surface area contributed by atoms with Crippen molar-refractivity contribution in [2.45, 2.75) is 38.9 Å². The highest BCUT2D eigenvalue weighted by Crippen LogP contribution is 2.22. The number of methoxy groups -OCH3 is 1. The van der Waals surface area contributed by atoms with E-state index < -0.39 is 24.0 Å². The molecular weight excluding hydrogens is 393 g/mol. The van der Waals surface area contributed by atoms with E-state index in [1.54, 1.807) is 26.0 Å². The van der Waals surface area contributed by atoms with E-state index in [9.17, 15) is 19.1 Å². The Balaban J connectivity index is 1.96. The predicted molar refractivity (Wildman–Crippen MR) is 109 cm³/mol. The largest absolute Gasteiger partial charge is 0.496 e. The third kappa shape index (κ3) is 7.36. The minimum atomic E-state index is -1.03. The molecule has 1 atom stereocenters. The fourth-order valence-electron chi connectivity index (χ4n) is 2.83. The van der Waals surface area contributed by atoms with Gasteiger partial charge in [-0.25, -0.2) is 14.0 Å². The molecule has 2 aromatic rings. The van der Waals surface area contributed by atoms with Crippen molar-refractivity contribution < 1.29 is 33.3 Å². The average Bonchev–Trinajstić information content (AvgIpc) is 2.69. The molecule has 7 nitrogen and oxygen atoms in total. The summed E-state index contributed by atoms with van der Waals surface area (Å²) in [5.41, 5.74) is 1.97. The smallest absolute Gasteiger partial charge is 0.411 e. The van der Waals surface area contributed by atoms with Crippen LogP contribution in [-0.4, -0.2) is 43.1 Å². The van der Waals surface area contributed by atoms with Gasteiger partial charge in [0.1, 0.15) is 11.6 Å². The summed E-state index contributed by atoms with van der Waals surface area (Å²) >= 11 is 0. The van der Waals surface area contributed by atoms with Crippen molar-refractivity contribution in [2.24, 2.45) is 0 Å². The molecule has 8 heteroatoms. The number of nitrogens with one attached hydrogen (secondary N) is 1. The normalized spacial score (nSPS) is 11.8. The highest BCUT2D eigenvalue weighted by molar-refractivity contribution is 5.84. The van der Waals surface area contributed by atoms with E-state index in [4.69, 9.17) is 14.2 Å². The Kier molecular flexibility index (Phi) is 8.61. The van der Waals surface area contributed by atoms with Crippen molar-refractivity contribution in [3.8, 4) is 5.75 Å². The molecule has 1 amide bonds. The highest BCUT2D eigenvalue weighted by atomic mass is 19.1. The highest BCUT2D eigenvalue weighted by Gasteiger charge is 2.20. The summed E-state index contributed by atoms with van der Waals surface area (Å²) in [4.78, 5) is 23.3. The number of halogens is 1. The lowest BCUT2D eigenvalue weighted by Crippen LogP contribution is -2.29. The predicted octanol–water partition coefficient (Wildman–Crippen LogP) is 4.05. The molecule has 0 spiro atoms. The van der Waals surface area contributed by atoms with Gasteiger partial charge in [-0.05, 0) is 55.3 Å². The van der Waals surface area contributed by atoms with Gasteiger partial charge < -0.3 is 19.3 Å². The van der Waals surface area contributed by atoms with Crippen LogP contribution in [0.3, 0.4) is 0 Å². The van der Waals surface area contributed by atoms with Crippen LogP contribution < -0.4 is 10.1 Å². The fraction of sp³-hybridized carbons (Fsp3) is 0.364. The van der Waals surface area contributed by atoms with Crippen LogP contribution in [0.5, 0.6) is 5.75 Å². The van der Waals surface area contributed by atoms with Crippen LogP contribution in [0.4, 0.5) is 14.9 Å². The molecule has 2 aromatic carbocycles. The number of amides is 1. The van der Waals surface area contributed by atoms with Gasteiger partial charge >= 0.3 is 12.1 Å². The van der Waals surface area contributed by atoms with E-state index >= 15 is 0 Å². The molecule has 162 valence electrons. The van der Waals surface area contributed by atoms with E-state index in [0.717, 1.165) is 11.1 Å². The number of anilines is 1. The van der Waals surface area contributed by atoms with Crippen LogP contribution in [0.15, 0.2) is 42.5 Å². The molecule has 0 aliphatic heterocycles. The van der Waals surface area contributed by atoms with Crippen LogP contribution in [0.1, 0.15) is 25.0 Å². The van der Waals surface area contributed by atoms with Crippen molar-refractivity contribution >= 4 is 17.7 Å². The molecule has 1 unspecified atom stereocenters. The molecule has 0 radical (unpaired) electrons. The molecule has 0 heterocycles. The van der Waals surface area contributed by atoms with Gasteiger partial charge in [-0.1, -0.05) is 12.1 Å². The second-order valence-corrected chi connectivity index (χ2v) is 6.88. The van der Waals surface area contributed by atoms with E-state index in [1.165, 1.54) is 31.4 Å². The summed E-state index contributed by atoms with van der Waals surface area (Å²) in [6.07, 6.45) is -1.25. The van der Waals surface area contributed by atoms with Gasteiger partial charge in [-0.2, -0.15) is 0 Å². The molecule has 0 aliphatic carbocycles. The lowest BCUT2D eigenvalue weighted by molar-refractivity contribution is -0.153. The number of benzene rings is 2. The second kappa shape index (κ2) is 11.2. The Morgan fingerprint density at radius 3 is 2.43 bits per heavy atom. The molecule has 30 heavy (non-hydrogen) atoms. The van der Waals surface area contributed by atoms with Crippen LogP contribution in [0.25, 0.3) is 0 Å². The second-order valence-electron chi connectivity index (χ2n) is 6.88. The Labute approximate surface area is 174 Å². The van der Waals surface area contributed by atoms with Gasteiger partial charge in [-0.15, -0.1) is 0 Å². The molecule has 0 fully saturated rings. The van der Waals surface area contributed by atoms with Crippen LogP contribution in [0.2, 0.25) is 0 Å². The molecule has 2 rings (SSSR count). The number of ether oxygens (including phenoxy) is 3. The number of hydrogen-bond acceptors (Lipinski definition) is 5. The topological polar surface area (TPSA) is 94.1 Å². The first-order valence-corrected chi connectivity index (χ1v) is 9.52. The van der Waals surface area contributed by atoms with Gasteiger partial charge in [0.2, 0.25) is 0 Å². The minimum Gasteiger partial charge on any atom is -0.496 e. The summed E-state index contributed by atoms with van der Waals surface area (Å²) in [7, 11) is 1.53. The third-order valence-electron chi connectivity index (χ3n) is 4.17. The Hall–Kier alpha value is -3.13. The lowest BCUT2D eigenvalue weighted by atomic mass is 10.0. The molecule has 0 aromatic heterocycles. The van der Waals surface area contributed by atoms with E-state index in [-0.39, 0.29) is 19.1 Å². The van der Waals surface area contributed by atoms with E-state index in [2.05, 4.69) is 5.32 Å².